The minimum Gasteiger partial charge on any atom is -0.378 e. The number of piperidine rings is 1. The molecule has 0 amide bonds. The van der Waals surface area contributed by atoms with E-state index in [-0.39, 0.29) is 12.1 Å². The molecule has 0 radical (unpaired) electrons. The molecule has 2 heterocycles. The Bertz CT molecular complexity index is 386. The fourth-order valence-electron chi connectivity index (χ4n) is 2.91. The van der Waals surface area contributed by atoms with Crippen molar-refractivity contribution in [3.8, 4) is 0 Å². The highest BCUT2D eigenvalue weighted by Crippen LogP contribution is 2.24. The van der Waals surface area contributed by atoms with Crippen LogP contribution in [0.4, 0.5) is 0 Å². The van der Waals surface area contributed by atoms with Gasteiger partial charge in [-0.15, -0.1) is 0 Å². The Morgan fingerprint density at radius 1 is 1.26 bits per heavy atom. The van der Waals surface area contributed by atoms with Crippen LogP contribution in [0.3, 0.4) is 0 Å². The molecule has 19 heavy (non-hydrogen) atoms. The first-order chi connectivity index (χ1) is 9.07. The van der Waals surface area contributed by atoms with Crippen LogP contribution in [-0.2, 0) is 14.9 Å². The summed E-state index contributed by atoms with van der Waals surface area (Å²) in [6.07, 6.45) is 3.01. The van der Waals surface area contributed by atoms with Gasteiger partial charge in [-0.05, 0) is 26.8 Å². The third-order valence-electron chi connectivity index (χ3n) is 3.91. The molecule has 1 N–H and O–H groups in total. The summed E-state index contributed by atoms with van der Waals surface area (Å²) in [5.74, 6) is 0. The molecular weight excluding hydrogens is 266 g/mol. The molecule has 0 saturated carbocycles. The van der Waals surface area contributed by atoms with Crippen molar-refractivity contribution in [2.75, 3.05) is 39.9 Å². The van der Waals surface area contributed by atoms with Crippen LogP contribution in [0.25, 0.3) is 0 Å². The number of rotatable bonds is 4. The third-order valence-corrected chi connectivity index (χ3v) is 6.12. The number of morpholine rings is 1. The van der Waals surface area contributed by atoms with Crippen molar-refractivity contribution in [2.24, 2.45) is 0 Å². The summed E-state index contributed by atoms with van der Waals surface area (Å²) in [5.41, 5.74) is 0. The van der Waals surface area contributed by atoms with Crippen LogP contribution in [0, 0.1) is 0 Å². The van der Waals surface area contributed by atoms with Gasteiger partial charge in [-0.3, -0.25) is 0 Å². The molecule has 2 saturated heterocycles. The maximum atomic E-state index is 12.8. The lowest BCUT2D eigenvalue weighted by molar-refractivity contribution is 0.0347. The normalized spacial score (nSPS) is 31.5. The zero-order valence-corrected chi connectivity index (χ0v) is 12.7. The number of hydrogen-bond acceptors (Lipinski definition) is 4. The van der Waals surface area contributed by atoms with E-state index in [0.717, 1.165) is 25.8 Å². The molecule has 2 rings (SSSR count). The second kappa shape index (κ2) is 6.49. The predicted molar refractivity (Wildman–Crippen MR) is 74.2 cm³/mol. The summed E-state index contributed by atoms with van der Waals surface area (Å²) in [7, 11) is -1.49. The van der Waals surface area contributed by atoms with Gasteiger partial charge in [0.05, 0.1) is 13.2 Å². The molecule has 2 atom stereocenters. The standard InChI is InChI=1S/C12H25N3O3S/c1-11-10-18-8-7-14(11)19(16,17)15-6-4-3-5-12(15)9-13-2/h11-13H,3-10H2,1-2H3. The molecule has 2 aliphatic heterocycles. The van der Waals surface area contributed by atoms with Crippen LogP contribution < -0.4 is 5.32 Å². The average Bonchev–Trinajstić information content (AvgIpc) is 2.40. The van der Waals surface area contributed by atoms with E-state index in [1.165, 1.54) is 0 Å². The Hall–Kier alpha value is -0.210. The highest BCUT2D eigenvalue weighted by molar-refractivity contribution is 7.86. The van der Waals surface area contributed by atoms with Crippen LogP contribution in [0.1, 0.15) is 26.2 Å². The number of nitrogens with zero attached hydrogens (tertiary/aromatic N) is 2. The van der Waals surface area contributed by atoms with E-state index in [2.05, 4.69) is 5.32 Å². The van der Waals surface area contributed by atoms with Gasteiger partial charge in [0.15, 0.2) is 0 Å². The Labute approximate surface area is 116 Å². The first kappa shape index (κ1) is 15.2. The molecule has 0 aromatic carbocycles. The fourth-order valence-corrected chi connectivity index (χ4v) is 4.91. The monoisotopic (exact) mass is 291 g/mol. The summed E-state index contributed by atoms with van der Waals surface area (Å²) < 4.78 is 34.2. The second-order valence-electron chi connectivity index (χ2n) is 5.36. The number of ether oxygens (including phenoxy) is 1. The molecule has 112 valence electrons. The van der Waals surface area contributed by atoms with Crippen molar-refractivity contribution in [3.05, 3.63) is 0 Å². The highest BCUT2D eigenvalue weighted by Gasteiger charge is 2.39. The van der Waals surface area contributed by atoms with Gasteiger partial charge >= 0.3 is 0 Å². The fraction of sp³-hybridized carbons (Fsp3) is 1.00. The SMILES string of the molecule is CNCC1CCCCN1S(=O)(=O)N1CCOCC1C. The highest BCUT2D eigenvalue weighted by atomic mass is 32.2. The van der Waals surface area contributed by atoms with Crippen LogP contribution >= 0.6 is 0 Å². The first-order valence-corrected chi connectivity index (χ1v) is 8.48. The van der Waals surface area contributed by atoms with Crippen LogP contribution in [0.5, 0.6) is 0 Å². The molecule has 6 nitrogen and oxygen atoms in total. The quantitative estimate of drug-likeness (QED) is 0.793. The van der Waals surface area contributed by atoms with Gasteiger partial charge in [0.25, 0.3) is 10.2 Å². The van der Waals surface area contributed by atoms with Crippen molar-refractivity contribution >= 4 is 10.2 Å². The molecule has 0 aliphatic carbocycles. The van der Waals surface area contributed by atoms with Crippen LogP contribution in [-0.4, -0.2) is 69.0 Å². The van der Waals surface area contributed by atoms with E-state index in [4.69, 9.17) is 4.74 Å². The van der Waals surface area contributed by atoms with E-state index in [1.807, 2.05) is 14.0 Å². The predicted octanol–water partition coefficient (Wildman–Crippen LogP) is 0.0258. The van der Waals surface area contributed by atoms with E-state index in [0.29, 0.717) is 26.3 Å². The zero-order valence-electron chi connectivity index (χ0n) is 11.8. The van der Waals surface area contributed by atoms with Crippen molar-refractivity contribution in [1.29, 1.82) is 0 Å². The lowest BCUT2D eigenvalue weighted by Crippen LogP contribution is -2.57. The van der Waals surface area contributed by atoms with E-state index >= 15 is 0 Å². The first-order valence-electron chi connectivity index (χ1n) is 7.08. The smallest absolute Gasteiger partial charge is 0.282 e. The summed E-state index contributed by atoms with van der Waals surface area (Å²) in [5, 5.41) is 3.10. The van der Waals surface area contributed by atoms with Crippen molar-refractivity contribution in [2.45, 2.75) is 38.3 Å². The molecule has 2 unspecified atom stereocenters. The molecule has 0 bridgehead atoms. The van der Waals surface area contributed by atoms with Gasteiger partial charge < -0.3 is 10.1 Å². The minimum atomic E-state index is -3.36. The molecule has 0 spiro atoms. The maximum Gasteiger partial charge on any atom is 0.282 e. The van der Waals surface area contributed by atoms with E-state index in [9.17, 15) is 8.42 Å². The van der Waals surface area contributed by atoms with Crippen molar-refractivity contribution < 1.29 is 13.2 Å². The lowest BCUT2D eigenvalue weighted by Gasteiger charge is -2.41. The Morgan fingerprint density at radius 3 is 2.74 bits per heavy atom. The maximum absolute atomic E-state index is 12.8. The number of hydrogen-bond donors (Lipinski definition) is 1. The van der Waals surface area contributed by atoms with E-state index in [1.54, 1.807) is 8.61 Å². The molecule has 2 aliphatic rings. The number of likely N-dealkylation sites (N-methyl/N-ethyl adjacent to an activating group) is 1. The van der Waals surface area contributed by atoms with Gasteiger partial charge in [-0.25, -0.2) is 0 Å². The van der Waals surface area contributed by atoms with Crippen molar-refractivity contribution in [3.63, 3.8) is 0 Å². The average molecular weight is 291 g/mol. The Kier molecular flexibility index (Phi) is 5.19. The van der Waals surface area contributed by atoms with Crippen molar-refractivity contribution in [1.82, 2.24) is 13.9 Å². The van der Waals surface area contributed by atoms with Crippen LogP contribution in [0.2, 0.25) is 0 Å². The van der Waals surface area contributed by atoms with Gasteiger partial charge in [0, 0.05) is 31.7 Å². The van der Waals surface area contributed by atoms with Gasteiger partial charge in [0.2, 0.25) is 0 Å². The minimum absolute atomic E-state index is 0.0732. The third kappa shape index (κ3) is 3.28. The molecule has 0 aromatic rings. The van der Waals surface area contributed by atoms with E-state index < -0.39 is 10.2 Å². The molecule has 7 heteroatoms. The summed E-state index contributed by atoms with van der Waals surface area (Å²) in [4.78, 5) is 0. The summed E-state index contributed by atoms with van der Waals surface area (Å²) >= 11 is 0. The Morgan fingerprint density at radius 2 is 2.05 bits per heavy atom. The largest absolute Gasteiger partial charge is 0.378 e. The lowest BCUT2D eigenvalue weighted by atomic mass is 10.1. The topological polar surface area (TPSA) is 61.9 Å². The molecule has 0 aromatic heterocycles. The summed E-state index contributed by atoms with van der Waals surface area (Å²) in [6, 6.07) is 0.00899. The molecule has 2 fully saturated rings. The van der Waals surface area contributed by atoms with Gasteiger partial charge in [-0.1, -0.05) is 6.42 Å². The van der Waals surface area contributed by atoms with Gasteiger partial charge in [-0.2, -0.15) is 17.0 Å². The second-order valence-corrected chi connectivity index (χ2v) is 7.19. The zero-order chi connectivity index (χ0) is 13.9. The number of nitrogens with one attached hydrogen (secondary N) is 1. The summed E-state index contributed by atoms with van der Waals surface area (Å²) in [6.45, 7) is 4.72. The molecular formula is C12H25N3O3S. The Balaban J connectivity index is 2.16. The van der Waals surface area contributed by atoms with Crippen LogP contribution in [0.15, 0.2) is 0 Å². The van der Waals surface area contributed by atoms with Gasteiger partial charge in [0.1, 0.15) is 0 Å².